The van der Waals surface area contributed by atoms with E-state index in [-0.39, 0.29) is 39.9 Å². The molecule has 1 saturated carbocycles. The van der Waals surface area contributed by atoms with Gasteiger partial charge < -0.3 is 23.7 Å². The molecular weight excluding hydrogens is 312 g/mol. The monoisotopic (exact) mass is 334 g/mol. The highest BCUT2D eigenvalue weighted by Gasteiger charge is 2.21. The fourth-order valence-electron chi connectivity index (χ4n) is 3.10. The van der Waals surface area contributed by atoms with Crippen molar-refractivity contribution in [3.8, 4) is 23.2 Å². The van der Waals surface area contributed by atoms with Crippen molar-refractivity contribution >= 4 is 11.0 Å². The largest absolute Gasteiger partial charge is 0.504 e. The first-order valence-electron chi connectivity index (χ1n) is 8.31. The molecule has 1 heterocycles. The predicted octanol–water partition coefficient (Wildman–Crippen LogP) is 3.62. The number of ether oxygens (including phenoxy) is 3. The van der Waals surface area contributed by atoms with Gasteiger partial charge in [0.2, 0.25) is 11.2 Å². The lowest BCUT2D eigenvalue weighted by Gasteiger charge is -2.22. The van der Waals surface area contributed by atoms with Crippen molar-refractivity contribution in [2.45, 2.75) is 45.1 Å². The topological polar surface area (TPSA) is 78.1 Å². The molecule has 1 aliphatic carbocycles. The van der Waals surface area contributed by atoms with Gasteiger partial charge in [-0.2, -0.15) is 0 Å². The molecule has 1 fully saturated rings. The first kappa shape index (κ1) is 16.5. The summed E-state index contributed by atoms with van der Waals surface area (Å²) in [6.45, 7) is 2.21. The third kappa shape index (κ3) is 3.13. The molecule has 130 valence electrons. The van der Waals surface area contributed by atoms with Gasteiger partial charge in [0.1, 0.15) is 17.1 Å². The summed E-state index contributed by atoms with van der Waals surface area (Å²) in [4.78, 5) is 12.4. The summed E-state index contributed by atoms with van der Waals surface area (Å²) in [5, 5.41) is 10.4. The highest BCUT2D eigenvalue weighted by molar-refractivity contribution is 5.88. The zero-order valence-corrected chi connectivity index (χ0v) is 14.0. The van der Waals surface area contributed by atoms with E-state index in [4.69, 9.17) is 18.6 Å². The van der Waals surface area contributed by atoms with Gasteiger partial charge in [-0.1, -0.05) is 6.42 Å². The Morgan fingerprint density at radius 3 is 2.67 bits per heavy atom. The number of rotatable bonds is 5. The van der Waals surface area contributed by atoms with Crippen LogP contribution in [0.5, 0.6) is 23.2 Å². The average Bonchev–Trinajstić information content (AvgIpc) is 2.56. The first-order chi connectivity index (χ1) is 11.6. The molecule has 0 bridgehead atoms. The standard InChI is InChI=1S/C18H22O6/c1-3-22-14-10-13-16(17(20)18(14)21-2)12(19)9-15(24-13)23-11-7-5-4-6-8-11/h9-11,20H,3-8H2,1-2H3. The number of hydrogen-bond acceptors (Lipinski definition) is 6. The van der Waals surface area contributed by atoms with E-state index in [1.807, 2.05) is 6.92 Å². The number of aromatic hydroxyl groups is 1. The summed E-state index contributed by atoms with van der Waals surface area (Å²) >= 11 is 0. The van der Waals surface area contributed by atoms with E-state index in [0.29, 0.717) is 12.4 Å². The van der Waals surface area contributed by atoms with E-state index in [1.54, 1.807) is 6.07 Å². The zero-order chi connectivity index (χ0) is 17.1. The van der Waals surface area contributed by atoms with Gasteiger partial charge in [0.15, 0.2) is 11.5 Å². The molecule has 6 nitrogen and oxygen atoms in total. The summed E-state index contributed by atoms with van der Waals surface area (Å²) in [5.41, 5.74) is -0.157. The summed E-state index contributed by atoms with van der Waals surface area (Å²) in [5.74, 6) is 0.336. The first-order valence-corrected chi connectivity index (χ1v) is 8.31. The maximum Gasteiger partial charge on any atom is 0.289 e. The van der Waals surface area contributed by atoms with E-state index < -0.39 is 0 Å². The Balaban J connectivity index is 2.04. The summed E-state index contributed by atoms with van der Waals surface area (Å²) in [6, 6.07) is 2.82. The van der Waals surface area contributed by atoms with Crippen LogP contribution < -0.4 is 19.6 Å². The third-order valence-corrected chi connectivity index (χ3v) is 4.23. The van der Waals surface area contributed by atoms with Gasteiger partial charge in [-0.15, -0.1) is 0 Å². The lowest BCUT2D eigenvalue weighted by molar-refractivity contribution is 0.121. The minimum Gasteiger partial charge on any atom is -0.504 e. The second-order valence-electron chi connectivity index (χ2n) is 5.87. The summed E-state index contributed by atoms with van der Waals surface area (Å²) < 4.78 is 22.1. The van der Waals surface area contributed by atoms with E-state index in [9.17, 15) is 9.90 Å². The molecule has 24 heavy (non-hydrogen) atoms. The van der Waals surface area contributed by atoms with Crippen LogP contribution in [0.1, 0.15) is 39.0 Å². The minimum absolute atomic E-state index is 0.0614. The van der Waals surface area contributed by atoms with Crippen LogP contribution in [-0.4, -0.2) is 24.9 Å². The van der Waals surface area contributed by atoms with Gasteiger partial charge in [0.25, 0.3) is 5.95 Å². The van der Waals surface area contributed by atoms with Crippen LogP contribution in [0.25, 0.3) is 11.0 Å². The van der Waals surface area contributed by atoms with Crippen molar-refractivity contribution in [3.63, 3.8) is 0 Å². The van der Waals surface area contributed by atoms with Gasteiger partial charge in [-0.05, 0) is 32.6 Å². The van der Waals surface area contributed by atoms with Crippen LogP contribution in [0.3, 0.4) is 0 Å². The Morgan fingerprint density at radius 2 is 2.00 bits per heavy atom. The SMILES string of the molecule is CCOc1cc2oc(OC3CCCCC3)cc(=O)c2c(O)c1OC. The molecule has 0 amide bonds. The molecular formula is C18H22O6. The molecule has 3 rings (SSSR count). The Bertz CT molecular complexity index is 773. The maximum atomic E-state index is 12.4. The second kappa shape index (κ2) is 7.03. The molecule has 1 aromatic heterocycles. The van der Waals surface area contributed by atoms with Crippen molar-refractivity contribution in [1.82, 2.24) is 0 Å². The summed E-state index contributed by atoms with van der Waals surface area (Å²) in [7, 11) is 1.41. The van der Waals surface area contributed by atoms with Crippen molar-refractivity contribution in [2.75, 3.05) is 13.7 Å². The minimum atomic E-state index is -0.374. The molecule has 1 N–H and O–H groups in total. The molecule has 0 atom stereocenters. The predicted molar refractivity (Wildman–Crippen MR) is 89.4 cm³/mol. The Hall–Kier alpha value is -2.37. The second-order valence-corrected chi connectivity index (χ2v) is 5.87. The summed E-state index contributed by atoms with van der Waals surface area (Å²) in [6.07, 6.45) is 5.44. The number of benzene rings is 1. The number of phenols is 1. The molecule has 0 radical (unpaired) electrons. The van der Waals surface area contributed by atoms with Crippen LogP contribution in [0.2, 0.25) is 0 Å². The molecule has 0 saturated heterocycles. The fourth-order valence-corrected chi connectivity index (χ4v) is 3.10. The van der Waals surface area contributed by atoms with Gasteiger partial charge >= 0.3 is 0 Å². The van der Waals surface area contributed by atoms with Crippen LogP contribution in [-0.2, 0) is 0 Å². The van der Waals surface area contributed by atoms with Crippen molar-refractivity contribution in [3.05, 3.63) is 22.4 Å². The fraction of sp³-hybridized carbons (Fsp3) is 0.500. The van der Waals surface area contributed by atoms with Crippen LogP contribution in [0, 0.1) is 0 Å². The van der Waals surface area contributed by atoms with Crippen molar-refractivity contribution < 1.29 is 23.7 Å². The third-order valence-electron chi connectivity index (χ3n) is 4.23. The highest BCUT2D eigenvalue weighted by atomic mass is 16.6. The maximum absolute atomic E-state index is 12.4. The zero-order valence-electron chi connectivity index (χ0n) is 14.0. The van der Waals surface area contributed by atoms with E-state index in [1.165, 1.54) is 19.6 Å². The van der Waals surface area contributed by atoms with Crippen LogP contribution in [0.4, 0.5) is 0 Å². The molecule has 2 aromatic rings. The number of hydrogen-bond donors (Lipinski definition) is 1. The molecule has 1 aromatic carbocycles. The number of phenolic OH excluding ortho intramolecular Hbond substituents is 1. The molecule has 6 heteroatoms. The van der Waals surface area contributed by atoms with Gasteiger partial charge in [-0.3, -0.25) is 4.79 Å². The lowest BCUT2D eigenvalue weighted by atomic mass is 9.98. The molecule has 0 spiro atoms. The Kier molecular flexibility index (Phi) is 4.83. The van der Waals surface area contributed by atoms with Gasteiger partial charge in [-0.25, -0.2) is 0 Å². The van der Waals surface area contributed by atoms with E-state index >= 15 is 0 Å². The Morgan fingerprint density at radius 1 is 1.25 bits per heavy atom. The molecule has 0 aliphatic heterocycles. The van der Waals surface area contributed by atoms with Crippen LogP contribution >= 0.6 is 0 Å². The number of fused-ring (bicyclic) bond motifs is 1. The molecule has 1 aliphatic rings. The van der Waals surface area contributed by atoms with Crippen molar-refractivity contribution in [2.24, 2.45) is 0 Å². The Labute approximate surface area is 139 Å². The van der Waals surface area contributed by atoms with Gasteiger partial charge in [0.05, 0.1) is 19.8 Å². The quantitative estimate of drug-likeness (QED) is 0.900. The number of methoxy groups -OCH3 is 1. The van der Waals surface area contributed by atoms with Gasteiger partial charge in [0, 0.05) is 6.07 Å². The highest BCUT2D eigenvalue weighted by Crippen LogP contribution is 2.42. The van der Waals surface area contributed by atoms with E-state index in [2.05, 4.69) is 0 Å². The lowest BCUT2D eigenvalue weighted by Crippen LogP contribution is -2.20. The average molecular weight is 334 g/mol. The molecule has 0 unspecified atom stereocenters. The van der Waals surface area contributed by atoms with Crippen molar-refractivity contribution in [1.29, 1.82) is 0 Å². The normalized spacial score (nSPS) is 15.4. The smallest absolute Gasteiger partial charge is 0.289 e. The van der Waals surface area contributed by atoms with E-state index in [0.717, 1.165) is 25.7 Å². The van der Waals surface area contributed by atoms with Crippen LogP contribution in [0.15, 0.2) is 21.3 Å².